The predicted octanol–water partition coefficient (Wildman–Crippen LogP) is 0.956. The first-order chi connectivity index (χ1) is 13.9. The summed E-state index contributed by atoms with van der Waals surface area (Å²) in [4.78, 5) is 16.4. The Labute approximate surface area is 204 Å². The Morgan fingerprint density at radius 3 is 2.73 bits per heavy atom. The molecule has 1 N–H and O–H groups in total. The quantitative estimate of drug-likeness (QED) is 0.229. The van der Waals surface area contributed by atoms with E-state index in [1.54, 1.807) is 0 Å². The van der Waals surface area contributed by atoms with Gasteiger partial charge in [-0.3, -0.25) is 4.79 Å². The van der Waals surface area contributed by atoms with E-state index < -0.39 is 0 Å². The van der Waals surface area contributed by atoms with E-state index in [4.69, 9.17) is 4.74 Å². The largest absolute Gasteiger partial charge is 1.00 e. The minimum Gasteiger partial charge on any atom is -0.723 e. The van der Waals surface area contributed by atoms with Gasteiger partial charge in [-0.1, -0.05) is 45.9 Å². The van der Waals surface area contributed by atoms with Crippen LogP contribution < -0.4 is 34.8 Å². The second kappa shape index (κ2) is 14.1. The number of allylic oxidation sites excluding steroid dienone is 3. The molecule has 0 spiro atoms. The summed E-state index contributed by atoms with van der Waals surface area (Å²) in [5.74, 6) is 1.07. The first-order valence-electron chi connectivity index (χ1n) is 11.4. The fourth-order valence-electron chi connectivity index (χ4n) is 4.72. The van der Waals surface area contributed by atoms with Crippen molar-refractivity contribution in [1.82, 2.24) is 0 Å². The summed E-state index contributed by atoms with van der Waals surface area (Å²) in [5, 5.41) is 20.7. The summed E-state index contributed by atoms with van der Waals surface area (Å²) in [6, 6.07) is 0. The third-order valence-electron chi connectivity index (χ3n) is 6.83. The fourth-order valence-corrected chi connectivity index (χ4v) is 4.72. The molecule has 0 heterocycles. The number of carbonyl (C=O) groups is 1. The van der Waals surface area contributed by atoms with E-state index in [1.165, 1.54) is 5.57 Å². The van der Waals surface area contributed by atoms with Crippen molar-refractivity contribution in [2.45, 2.75) is 84.8 Å². The van der Waals surface area contributed by atoms with E-state index in [0.29, 0.717) is 24.7 Å². The molecule has 166 valence electrons. The third kappa shape index (κ3) is 8.07. The summed E-state index contributed by atoms with van der Waals surface area (Å²) in [6.45, 7) is 8.40. The van der Waals surface area contributed by atoms with Gasteiger partial charge in [-0.2, -0.15) is 0 Å². The molecule has 0 bridgehead atoms. The molecule has 0 aromatic rings. The number of hydrogen-bond acceptors (Lipinski definition) is 5. The van der Waals surface area contributed by atoms with Gasteiger partial charge in [0.15, 0.2) is 0 Å². The minimum atomic E-state index is -0.383. The molecule has 30 heavy (non-hydrogen) atoms. The van der Waals surface area contributed by atoms with Crippen LogP contribution >= 0.6 is 0 Å². The van der Waals surface area contributed by atoms with Crippen LogP contribution in [0.4, 0.5) is 0 Å². The maximum absolute atomic E-state index is 12.4. The Morgan fingerprint density at radius 2 is 2.07 bits per heavy atom. The van der Waals surface area contributed by atoms with Gasteiger partial charge in [-0.25, -0.2) is 0 Å². The smallest absolute Gasteiger partial charge is 0.723 e. The molecule has 2 aliphatic rings. The molecule has 6 unspecified atom stereocenters. The molecule has 5 nitrogen and oxygen atoms in total. The SMILES string of the molecule is CCC(C)C(=O)OC1CCC=C2C=CC(C)C(CCC(O)C[C@@H](C)CCO[O-])C21.[Na+]. The maximum atomic E-state index is 12.4. The molecule has 0 aliphatic heterocycles. The van der Waals surface area contributed by atoms with E-state index in [-0.39, 0.29) is 72.1 Å². The molecule has 0 amide bonds. The van der Waals surface area contributed by atoms with Crippen LogP contribution in [0.3, 0.4) is 0 Å². The molecule has 0 saturated heterocycles. The molecule has 0 aromatic heterocycles. The van der Waals surface area contributed by atoms with Gasteiger partial charge < -0.3 is 20.0 Å². The first kappa shape index (κ1) is 27.9. The normalized spacial score (nSPS) is 28.5. The van der Waals surface area contributed by atoms with Gasteiger partial charge in [-0.15, -0.1) is 0 Å². The van der Waals surface area contributed by atoms with Gasteiger partial charge in [0.05, 0.1) is 12.0 Å². The predicted molar refractivity (Wildman–Crippen MR) is 112 cm³/mol. The van der Waals surface area contributed by atoms with Crippen LogP contribution in [0, 0.1) is 29.6 Å². The topological polar surface area (TPSA) is 78.8 Å². The summed E-state index contributed by atoms with van der Waals surface area (Å²) in [6.07, 6.45) is 11.9. The van der Waals surface area contributed by atoms with Crippen molar-refractivity contribution in [3.05, 3.63) is 23.8 Å². The van der Waals surface area contributed by atoms with Gasteiger partial charge in [0.2, 0.25) is 0 Å². The van der Waals surface area contributed by atoms with Crippen LogP contribution in [-0.2, 0) is 14.4 Å². The average Bonchev–Trinajstić information content (AvgIpc) is 2.71. The van der Waals surface area contributed by atoms with E-state index in [0.717, 1.165) is 32.1 Å². The van der Waals surface area contributed by atoms with Gasteiger partial charge in [-0.05, 0) is 68.3 Å². The van der Waals surface area contributed by atoms with Gasteiger partial charge >= 0.3 is 35.5 Å². The Morgan fingerprint density at radius 1 is 1.33 bits per heavy atom. The van der Waals surface area contributed by atoms with Gasteiger partial charge in [0.1, 0.15) is 6.10 Å². The molecule has 2 rings (SSSR count). The van der Waals surface area contributed by atoms with Crippen molar-refractivity contribution in [3.8, 4) is 0 Å². The van der Waals surface area contributed by atoms with Crippen molar-refractivity contribution in [3.63, 3.8) is 0 Å². The van der Waals surface area contributed by atoms with Gasteiger partial charge in [0.25, 0.3) is 0 Å². The molecular weight excluding hydrogens is 391 g/mol. The Balaban J connectivity index is 0.00000450. The van der Waals surface area contributed by atoms with Crippen molar-refractivity contribution in [2.24, 2.45) is 29.6 Å². The zero-order chi connectivity index (χ0) is 21.4. The number of carbonyl (C=O) groups excluding carboxylic acids is 1. The summed E-state index contributed by atoms with van der Waals surface area (Å²) >= 11 is 0. The summed E-state index contributed by atoms with van der Waals surface area (Å²) in [7, 11) is 0. The van der Waals surface area contributed by atoms with Crippen molar-refractivity contribution >= 4 is 5.97 Å². The molecule has 0 aromatic carbocycles. The summed E-state index contributed by atoms with van der Waals surface area (Å²) in [5.41, 5.74) is 1.29. The van der Waals surface area contributed by atoms with Crippen molar-refractivity contribution in [1.29, 1.82) is 0 Å². The number of fused-ring (bicyclic) bond motifs is 1. The molecule has 7 atom stereocenters. The Kier molecular flexibility index (Phi) is 13.1. The molecule has 0 saturated carbocycles. The first-order valence-corrected chi connectivity index (χ1v) is 11.4. The number of aliphatic hydroxyl groups excluding tert-OH is 1. The molecule has 0 fully saturated rings. The standard InChI is InChI=1S/C24H40O5.Na/c1-5-17(3)24(26)29-22-8-6-7-19-10-9-18(4)21(23(19)22)12-11-20(25)15-16(2)13-14-28-27;/h7,9-10,16-18,20-23,25,27H,5-6,8,11-15H2,1-4H3;/q;+1/p-1/t16-,17?,18?,20?,21?,22?,23?;/m0./s1. The maximum Gasteiger partial charge on any atom is 1.00 e. The van der Waals surface area contributed by atoms with Crippen LogP contribution in [0.5, 0.6) is 0 Å². The number of ether oxygens (including phenoxy) is 1. The zero-order valence-corrected chi connectivity index (χ0v) is 21.5. The average molecular weight is 431 g/mol. The Bertz CT molecular complexity index is 576. The molecule has 0 radical (unpaired) electrons. The second-order valence-corrected chi connectivity index (χ2v) is 9.16. The third-order valence-corrected chi connectivity index (χ3v) is 6.83. The zero-order valence-electron chi connectivity index (χ0n) is 19.5. The Hall–Kier alpha value is -0.170. The number of rotatable bonds is 11. The summed E-state index contributed by atoms with van der Waals surface area (Å²) < 4.78 is 5.99. The van der Waals surface area contributed by atoms with Crippen molar-refractivity contribution in [2.75, 3.05) is 6.61 Å². The van der Waals surface area contributed by atoms with Crippen LogP contribution in [0.25, 0.3) is 0 Å². The number of esters is 1. The molecule has 6 heteroatoms. The number of aliphatic hydroxyl groups is 1. The van der Waals surface area contributed by atoms with E-state index in [1.807, 2.05) is 20.8 Å². The van der Waals surface area contributed by atoms with E-state index >= 15 is 0 Å². The van der Waals surface area contributed by atoms with E-state index in [9.17, 15) is 15.2 Å². The molecular formula is C24H39NaO5. The van der Waals surface area contributed by atoms with E-state index in [2.05, 4.69) is 30.0 Å². The van der Waals surface area contributed by atoms with Crippen LogP contribution in [-0.4, -0.2) is 29.9 Å². The monoisotopic (exact) mass is 430 g/mol. The van der Waals surface area contributed by atoms with Crippen LogP contribution in [0.15, 0.2) is 23.8 Å². The minimum absolute atomic E-state index is 0. The van der Waals surface area contributed by atoms with Crippen LogP contribution in [0.2, 0.25) is 0 Å². The number of hydrogen-bond donors (Lipinski definition) is 1. The second-order valence-electron chi connectivity index (χ2n) is 9.16. The van der Waals surface area contributed by atoms with Gasteiger partial charge in [0, 0.05) is 12.5 Å². The molecule has 2 aliphatic carbocycles. The fraction of sp³-hybridized carbons (Fsp3) is 0.792. The van der Waals surface area contributed by atoms with Crippen molar-refractivity contribution < 1.29 is 54.3 Å². The van der Waals surface area contributed by atoms with Crippen LogP contribution in [0.1, 0.15) is 72.6 Å².